The predicted molar refractivity (Wildman–Crippen MR) is 122 cm³/mol. The lowest BCUT2D eigenvalue weighted by atomic mass is 10.0. The summed E-state index contributed by atoms with van der Waals surface area (Å²) in [5, 5.41) is 0.768. The molecule has 10 heteroatoms. The fraction of sp³-hybridized carbons (Fsp3) is 0.174. The van der Waals surface area contributed by atoms with E-state index in [2.05, 4.69) is 9.71 Å². The summed E-state index contributed by atoms with van der Waals surface area (Å²) in [5.41, 5.74) is 2.21. The van der Waals surface area contributed by atoms with Gasteiger partial charge in [0, 0.05) is 47.7 Å². The lowest BCUT2D eigenvalue weighted by Gasteiger charge is -2.14. The fourth-order valence-corrected chi connectivity index (χ4v) is 4.14. The molecule has 0 unspecified atom stereocenters. The Balaban J connectivity index is 1.91. The highest BCUT2D eigenvalue weighted by Crippen LogP contribution is 2.41. The maximum atomic E-state index is 14.3. The van der Waals surface area contributed by atoms with Gasteiger partial charge in [0.25, 0.3) is 0 Å². The first-order chi connectivity index (χ1) is 15.7. The van der Waals surface area contributed by atoms with E-state index in [1.165, 1.54) is 32.2 Å². The van der Waals surface area contributed by atoms with Gasteiger partial charge in [0.1, 0.15) is 17.1 Å². The van der Waals surface area contributed by atoms with Crippen molar-refractivity contribution >= 4 is 26.6 Å². The molecule has 0 aliphatic rings. The number of aryl methyl sites for hydroxylation is 1. The molecule has 0 aliphatic heterocycles. The quantitative estimate of drug-likeness (QED) is 0.405. The molecule has 4 aromatic rings. The van der Waals surface area contributed by atoms with E-state index in [1.54, 1.807) is 18.3 Å². The highest BCUT2D eigenvalue weighted by Gasteiger charge is 2.19. The van der Waals surface area contributed by atoms with Gasteiger partial charge in [-0.05, 0) is 43.3 Å². The Morgan fingerprint density at radius 1 is 1.06 bits per heavy atom. The Hall–Kier alpha value is -3.66. The number of benzene rings is 2. The Bertz CT molecular complexity index is 1450. The van der Waals surface area contributed by atoms with E-state index < -0.39 is 21.7 Å². The van der Waals surface area contributed by atoms with Gasteiger partial charge in [-0.3, -0.25) is 4.72 Å². The van der Waals surface area contributed by atoms with Gasteiger partial charge in [-0.25, -0.2) is 22.2 Å². The number of nitrogens with zero attached hydrogens (tertiary/aromatic N) is 2. The van der Waals surface area contributed by atoms with Crippen LogP contribution in [-0.4, -0.2) is 30.8 Å². The van der Waals surface area contributed by atoms with Crippen molar-refractivity contribution in [3.05, 3.63) is 66.5 Å². The van der Waals surface area contributed by atoms with Gasteiger partial charge in [-0.2, -0.15) is 0 Å². The topological polar surface area (TPSA) is 82.5 Å². The summed E-state index contributed by atoms with van der Waals surface area (Å²) in [5.74, 6) is -1.18. The third kappa shape index (κ3) is 4.47. The minimum atomic E-state index is -3.53. The van der Waals surface area contributed by atoms with Gasteiger partial charge in [0.15, 0.2) is 11.6 Å². The highest BCUT2D eigenvalue weighted by molar-refractivity contribution is 7.92. The van der Waals surface area contributed by atoms with Crippen molar-refractivity contribution < 1.29 is 26.7 Å². The molecular weight excluding hydrogens is 452 g/mol. The van der Waals surface area contributed by atoms with Gasteiger partial charge in [0.05, 0.1) is 12.9 Å². The number of anilines is 1. The zero-order chi connectivity index (χ0) is 23.8. The second-order valence-electron chi connectivity index (χ2n) is 7.26. The molecule has 0 atom stereocenters. The van der Waals surface area contributed by atoms with Crippen LogP contribution in [0.4, 0.5) is 14.5 Å². The molecule has 0 saturated carbocycles. The number of hydrogen-bond donors (Lipinski definition) is 1. The van der Waals surface area contributed by atoms with E-state index in [4.69, 9.17) is 9.47 Å². The molecule has 0 radical (unpaired) electrons. The first kappa shape index (κ1) is 22.5. The number of aromatic nitrogens is 2. The normalized spacial score (nSPS) is 11.5. The van der Waals surface area contributed by atoms with Crippen molar-refractivity contribution in [1.29, 1.82) is 0 Å². The van der Waals surface area contributed by atoms with Gasteiger partial charge in [-0.1, -0.05) is 0 Å². The second kappa shape index (κ2) is 8.70. The largest absolute Gasteiger partial charge is 0.479 e. The van der Waals surface area contributed by atoms with Crippen LogP contribution in [0.2, 0.25) is 0 Å². The molecule has 33 heavy (non-hydrogen) atoms. The van der Waals surface area contributed by atoms with Crippen LogP contribution in [0, 0.1) is 11.6 Å². The lowest BCUT2D eigenvalue weighted by Crippen LogP contribution is -2.14. The number of halogens is 2. The molecule has 4 rings (SSSR count). The third-order valence-electron chi connectivity index (χ3n) is 5.09. The molecule has 1 N–H and O–H groups in total. The Morgan fingerprint density at radius 2 is 1.82 bits per heavy atom. The van der Waals surface area contributed by atoms with Crippen LogP contribution in [0.15, 0.2) is 54.9 Å². The van der Waals surface area contributed by atoms with Crippen molar-refractivity contribution in [2.45, 2.75) is 6.92 Å². The minimum Gasteiger partial charge on any atom is -0.479 e. The van der Waals surface area contributed by atoms with Gasteiger partial charge in [-0.15, -0.1) is 0 Å². The number of pyridine rings is 1. The number of fused-ring (bicyclic) bond motifs is 1. The number of methoxy groups -OCH3 is 1. The maximum Gasteiger partial charge on any atom is 0.238 e. The highest BCUT2D eigenvalue weighted by atomic mass is 32.2. The summed E-state index contributed by atoms with van der Waals surface area (Å²) in [6.45, 7) is 1.53. The van der Waals surface area contributed by atoms with Crippen LogP contribution in [0.1, 0.15) is 6.92 Å². The molecule has 0 aliphatic carbocycles. The molecule has 0 bridgehead atoms. The van der Waals surface area contributed by atoms with Crippen LogP contribution < -0.4 is 14.2 Å². The van der Waals surface area contributed by atoms with E-state index in [1.807, 2.05) is 17.8 Å². The number of rotatable bonds is 7. The molecule has 7 nitrogen and oxygen atoms in total. The number of hydrogen-bond acceptors (Lipinski definition) is 5. The number of ether oxygens (including phenoxy) is 2. The Morgan fingerprint density at radius 3 is 2.52 bits per heavy atom. The monoisotopic (exact) mass is 473 g/mol. The van der Waals surface area contributed by atoms with E-state index in [-0.39, 0.29) is 17.3 Å². The molecule has 0 amide bonds. The third-order valence-corrected chi connectivity index (χ3v) is 6.39. The summed E-state index contributed by atoms with van der Waals surface area (Å²) in [7, 11) is -0.197. The van der Waals surface area contributed by atoms with E-state index in [0.29, 0.717) is 28.2 Å². The average molecular weight is 474 g/mol. The second-order valence-corrected chi connectivity index (χ2v) is 9.27. The Kier molecular flexibility index (Phi) is 5.94. The van der Waals surface area contributed by atoms with Gasteiger partial charge < -0.3 is 14.0 Å². The smallest absolute Gasteiger partial charge is 0.238 e. The van der Waals surface area contributed by atoms with E-state index >= 15 is 0 Å². The Labute approximate surface area is 189 Å². The van der Waals surface area contributed by atoms with Gasteiger partial charge in [0.2, 0.25) is 15.9 Å². The lowest BCUT2D eigenvalue weighted by molar-refractivity contribution is 0.401. The molecule has 2 heterocycles. The maximum absolute atomic E-state index is 14.3. The molecule has 2 aromatic heterocycles. The van der Waals surface area contributed by atoms with Crippen molar-refractivity contribution in [3.63, 3.8) is 0 Å². The van der Waals surface area contributed by atoms with Crippen LogP contribution >= 0.6 is 0 Å². The van der Waals surface area contributed by atoms with Gasteiger partial charge >= 0.3 is 0 Å². The number of sulfonamides is 1. The van der Waals surface area contributed by atoms with Crippen molar-refractivity contribution in [2.75, 3.05) is 17.6 Å². The van der Waals surface area contributed by atoms with Crippen molar-refractivity contribution in [1.82, 2.24) is 9.55 Å². The van der Waals surface area contributed by atoms with Crippen LogP contribution in [0.25, 0.3) is 22.0 Å². The van der Waals surface area contributed by atoms with E-state index in [9.17, 15) is 17.2 Å². The van der Waals surface area contributed by atoms with Crippen LogP contribution in [0.3, 0.4) is 0 Å². The molecule has 0 saturated heterocycles. The van der Waals surface area contributed by atoms with Crippen molar-refractivity contribution in [2.24, 2.45) is 7.05 Å². The summed E-state index contributed by atoms with van der Waals surface area (Å²) in [4.78, 5) is 4.23. The van der Waals surface area contributed by atoms with Crippen LogP contribution in [0.5, 0.6) is 17.4 Å². The predicted octanol–water partition coefficient (Wildman–Crippen LogP) is 5.08. The first-order valence-corrected chi connectivity index (χ1v) is 11.6. The molecule has 2 aromatic carbocycles. The molecule has 0 spiro atoms. The zero-order valence-corrected chi connectivity index (χ0v) is 18.9. The summed E-state index contributed by atoms with van der Waals surface area (Å²) >= 11 is 0. The summed E-state index contributed by atoms with van der Waals surface area (Å²) < 4.78 is 67.4. The number of nitrogens with one attached hydrogen (secondary N) is 1. The summed E-state index contributed by atoms with van der Waals surface area (Å²) in [6, 6.07) is 9.45. The SMILES string of the molecule is CCS(=O)(=O)Nc1ccc(Oc2ccc(F)cc2F)c(-c2cn(C)c3c(OC)nccc23)c1. The van der Waals surface area contributed by atoms with Crippen molar-refractivity contribution in [3.8, 4) is 28.5 Å². The standard InChI is InChI=1S/C23H21F2N3O4S/c1-4-33(29,30)27-15-6-8-20(32-21-7-5-14(24)11-19(21)25)17(12-15)18-13-28(2)22-16(18)9-10-26-23(22)31-3/h5-13,27H,4H2,1-3H3. The average Bonchev–Trinajstić information content (AvgIpc) is 3.13. The molecule has 172 valence electrons. The molecular formula is C23H21F2N3O4S. The van der Waals surface area contributed by atoms with E-state index in [0.717, 1.165) is 17.5 Å². The fourth-order valence-electron chi connectivity index (χ4n) is 3.51. The summed E-state index contributed by atoms with van der Waals surface area (Å²) in [6.07, 6.45) is 3.41. The first-order valence-electron chi connectivity index (χ1n) is 9.98. The van der Waals surface area contributed by atoms with Crippen LogP contribution in [-0.2, 0) is 17.1 Å². The molecule has 0 fully saturated rings. The zero-order valence-electron chi connectivity index (χ0n) is 18.1. The minimum absolute atomic E-state index is 0.0987.